The van der Waals surface area contributed by atoms with Crippen LogP contribution in [0.15, 0.2) is 200 Å². The summed E-state index contributed by atoms with van der Waals surface area (Å²) in [6.45, 7) is 0. The van der Waals surface area contributed by atoms with E-state index in [2.05, 4.69) is 180 Å². The second-order valence-electron chi connectivity index (χ2n) is 14.8. The number of fused-ring (bicyclic) bond motifs is 10. The van der Waals surface area contributed by atoms with Crippen LogP contribution in [0.2, 0.25) is 0 Å². The van der Waals surface area contributed by atoms with Crippen molar-refractivity contribution in [3.05, 3.63) is 200 Å². The van der Waals surface area contributed by atoms with Crippen molar-refractivity contribution < 1.29 is 0 Å². The number of aromatic nitrogens is 5. The Labute approximate surface area is 333 Å². The summed E-state index contributed by atoms with van der Waals surface area (Å²) in [5.74, 6) is 0.811. The molecule has 8 aromatic carbocycles. The second kappa shape index (κ2) is 12.8. The van der Waals surface area contributed by atoms with Crippen molar-refractivity contribution in [2.75, 3.05) is 0 Å². The van der Waals surface area contributed by atoms with E-state index in [0.717, 1.165) is 83.4 Å². The van der Waals surface area contributed by atoms with E-state index in [4.69, 9.17) is 15.1 Å². The van der Waals surface area contributed by atoms with Gasteiger partial charge in [0.25, 0.3) is 0 Å². The molecule has 4 heterocycles. The van der Waals surface area contributed by atoms with E-state index in [1.165, 1.54) is 27.2 Å². The summed E-state index contributed by atoms with van der Waals surface area (Å²) in [5.41, 5.74) is 13.7. The Hall–Kier alpha value is -7.89. The quantitative estimate of drug-likeness (QED) is 0.165. The third-order valence-corrected chi connectivity index (χ3v) is 11.5. The Bertz CT molecular complexity index is 3530. The second-order valence-corrected chi connectivity index (χ2v) is 14.8. The molecule has 0 unspecified atom stereocenters. The highest BCUT2D eigenvalue weighted by Gasteiger charge is 2.20. The van der Waals surface area contributed by atoms with Gasteiger partial charge >= 0.3 is 0 Å². The number of rotatable bonds is 5. The Balaban J connectivity index is 0.988. The number of hydrogen-bond donors (Lipinski definition) is 0. The first-order valence-corrected chi connectivity index (χ1v) is 19.6. The summed E-state index contributed by atoms with van der Waals surface area (Å²) in [6.07, 6.45) is 0. The first-order chi connectivity index (χ1) is 28.8. The molecule has 5 nitrogen and oxygen atoms in total. The van der Waals surface area contributed by atoms with Crippen molar-refractivity contribution in [2.45, 2.75) is 0 Å². The van der Waals surface area contributed by atoms with Gasteiger partial charge in [0.05, 0.1) is 39.0 Å². The smallest absolute Gasteiger partial charge is 0.161 e. The van der Waals surface area contributed by atoms with Crippen LogP contribution in [-0.4, -0.2) is 24.1 Å². The molecule has 5 heteroatoms. The standard InChI is InChI=1S/C53H33N5/c1-3-13-36(14-4-1)47-33-49-44-19-8-11-21-46(44)55-53(58(49)56-47)38-29-25-35(26-30-38)34-23-27-37(28-24-34)51-50-42(40-17-7-10-20-45(40)54-51)31-32-43-41-18-9-12-22-48(41)57(52(43)50)39-15-5-2-6-16-39/h1-33H. The predicted molar refractivity (Wildman–Crippen MR) is 239 cm³/mol. The van der Waals surface area contributed by atoms with Gasteiger partial charge in [-0.3, -0.25) is 0 Å². The SMILES string of the molecule is c1ccc(-c2cc3c4ccccc4nc(-c4ccc(-c5ccc(-c6nc7ccccc7c7ccc8c9ccccc9n(-c9ccccc9)c8c67)cc5)cc4)n3n2)cc1. The molecule has 0 saturated carbocycles. The Morgan fingerprint density at radius 2 is 0.931 bits per heavy atom. The van der Waals surface area contributed by atoms with Gasteiger partial charge in [-0.15, -0.1) is 0 Å². The van der Waals surface area contributed by atoms with Crippen LogP contribution in [0.5, 0.6) is 0 Å². The van der Waals surface area contributed by atoms with Gasteiger partial charge in [0, 0.05) is 49.3 Å². The van der Waals surface area contributed by atoms with Crippen LogP contribution in [0, 0.1) is 0 Å². The maximum atomic E-state index is 5.42. The van der Waals surface area contributed by atoms with Gasteiger partial charge in [-0.05, 0) is 52.9 Å². The number of benzene rings is 8. The first-order valence-electron chi connectivity index (χ1n) is 19.6. The predicted octanol–water partition coefficient (Wildman–Crippen LogP) is 13.3. The zero-order valence-electron chi connectivity index (χ0n) is 31.3. The third kappa shape index (κ3) is 5.00. The van der Waals surface area contributed by atoms with Gasteiger partial charge in [-0.2, -0.15) is 5.10 Å². The Morgan fingerprint density at radius 1 is 0.362 bits per heavy atom. The third-order valence-electron chi connectivity index (χ3n) is 11.5. The summed E-state index contributed by atoms with van der Waals surface area (Å²) < 4.78 is 4.40. The fourth-order valence-electron chi connectivity index (χ4n) is 8.80. The van der Waals surface area contributed by atoms with Crippen LogP contribution in [-0.2, 0) is 0 Å². The molecule has 0 aliphatic carbocycles. The van der Waals surface area contributed by atoms with E-state index in [1.54, 1.807) is 0 Å². The molecule has 0 bridgehead atoms. The maximum Gasteiger partial charge on any atom is 0.161 e. The van der Waals surface area contributed by atoms with Crippen molar-refractivity contribution in [1.82, 2.24) is 24.1 Å². The minimum atomic E-state index is 0.811. The maximum absolute atomic E-state index is 5.42. The summed E-state index contributed by atoms with van der Waals surface area (Å²) in [5, 5.41) is 12.1. The van der Waals surface area contributed by atoms with Crippen LogP contribution in [0.25, 0.3) is 111 Å². The van der Waals surface area contributed by atoms with E-state index < -0.39 is 0 Å². The van der Waals surface area contributed by atoms with Crippen molar-refractivity contribution >= 4 is 59.9 Å². The number of para-hydroxylation sites is 4. The van der Waals surface area contributed by atoms with Gasteiger partial charge in [-0.1, -0.05) is 164 Å². The molecule has 270 valence electrons. The molecule has 12 aromatic rings. The van der Waals surface area contributed by atoms with E-state index >= 15 is 0 Å². The van der Waals surface area contributed by atoms with E-state index in [0.29, 0.717) is 0 Å². The molecule has 4 aromatic heterocycles. The van der Waals surface area contributed by atoms with Crippen LogP contribution >= 0.6 is 0 Å². The molecule has 0 fully saturated rings. The Kier molecular flexibility index (Phi) is 7.16. The molecule has 0 saturated heterocycles. The van der Waals surface area contributed by atoms with E-state index in [-0.39, 0.29) is 0 Å². The van der Waals surface area contributed by atoms with Gasteiger partial charge in [-0.25, -0.2) is 14.5 Å². The lowest BCUT2D eigenvalue weighted by Gasteiger charge is -2.15. The van der Waals surface area contributed by atoms with Crippen molar-refractivity contribution in [3.63, 3.8) is 0 Å². The van der Waals surface area contributed by atoms with E-state index in [1.807, 2.05) is 28.8 Å². The average molecular weight is 740 g/mol. The first kappa shape index (κ1) is 32.4. The number of pyridine rings is 1. The molecule has 0 spiro atoms. The van der Waals surface area contributed by atoms with Crippen molar-refractivity contribution in [2.24, 2.45) is 0 Å². The summed E-state index contributed by atoms with van der Waals surface area (Å²) >= 11 is 0. The zero-order chi connectivity index (χ0) is 38.2. The molecule has 0 radical (unpaired) electrons. The van der Waals surface area contributed by atoms with Crippen LogP contribution in [0.1, 0.15) is 0 Å². The molecular weight excluding hydrogens is 707 g/mol. The molecule has 0 aliphatic rings. The zero-order valence-corrected chi connectivity index (χ0v) is 31.3. The fraction of sp³-hybridized carbons (Fsp3) is 0. The van der Waals surface area contributed by atoms with Crippen LogP contribution < -0.4 is 0 Å². The highest BCUT2D eigenvalue weighted by atomic mass is 15.3. The number of nitrogens with zero attached hydrogens (tertiary/aromatic N) is 5. The van der Waals surface area contributed by atoms with Gasteiger partial charge in [0.1, 0.15) is 0 Å². The molecule has 0 aliphatic heterocycles. The summed E-state index contributed by atoms with van der Waals surface area (Å²) in [7, 11) is 0. The lowest BCUT2D eigenvalue weighted by molar-refractivity contribution is 0.949. The monoisotopic (exact) mass is 739 g/mol. The topological polar surface area (TPSA) is 48.0 Å². The average Bonchev–Trinajstić information content (AvgIpc) is 3.90. The molecule has 12 rings (SSSR count). The highest BCUT2D eigenvalue weighted by molar-refractivity contribution is 6.25. The fourth-order valence-corrected chi connectivity index (χ4v) is 8.80. The molecule has 0 amide bonds. The molecule has 0 atom stereocenters. The lowest BCUT2D eigenvalue weighted by Crippen LogP contribution is -1.99. The molecule has 0 N–H and O–H groups in total. The summed E-state index contributed by atoms with van der Waals surface area (Å²) in [4.78, 5) is 10.5. The number of hydrogen-bond acceptors (Lipinski definition) is 3. The van der Waals surface area contributed by atoms with E-state index in [9.17, 15) is 0 Å². The van der Waals surface area contributed by atoms with Crippen molar-refractivity contribution in [1.29, 1.82) is 0 Å². The lowest BCUT2D eigenvalue weighted by atomic mass is 9.96. The normalized spacial score (nSPS) is 11.8. The van der Waals surface area contributed by atoms with Crippen LogP contribution in [0.4, 0.5) is 0 Å². The van der Waals surface area contributed by atoms with Crippen molar-refractivity contribution in [3.8, 4) is 50.7 Å². The van der Waals surface area contributed by atoms with Gasteiger partial charge in [0.15, 0.2) is 5.82 Å². The molecule has 58 heavy (non-hydrogen) atoms. The van der Waals surface area contributed by atoms with Gasteiger partial charge < -0.3 is 4.57 Å². The van der Waals surface area contributed by atoms with Crippen LogP contribution in [0.3, 0.4) is 0 Å². The minimum absolute atomic E-state index is 0.811. The largest absolute Gasteiger partial charge is 0.309 e. The Morgan fingerprint density at radius 3 is 1.67 bits per heavy atom. The minimum Gasteiger partial charge on any atom is -0.309 e. The molecular formula is C53H33N5. The highest BCUT2D eigenvalue weighted by Crippen LogP contribution is 2.42. The summed E-state index contributed by atoms with van der Waals surface area (Å²) in [6, 6.07) is 70.8. The van der Waals surface area contributed by atoms with Gasteiger partial charge in [0.2, 0.25) is 0 Å².